The number of rotatable bonds is 5. The van der Waals surface area contributed by atoms with E-state index < -0.39 is 0 Å². The van der Waals surface area contributed by atoms with Gasteiger partial charge < -0.3 is 15.8 Å². The number of nitrogens with one attached hydrogen (secondary N) is 1. The number of nitrogens with two attached hydrogens (primary N) is 1. The second-order valence-corrected chi connectivity index (χ2v) is 4.43. The van der Waals surface area contributed by atoms with Gasteiger partial charge >= 0.3 is 0 Å². The molecular weight excluding hydrogens is 256 g/mol. The first-order chi connectivity index (χ1) is 9.61. The van der Waals surface area contributed by atoms with E-state index in [1.165, 1.54) is 10.9 Å². The second kappa shape index (κ2) is 6.10. The van der Waals surface area contributed by atoms with E-state index in [1.54, 1.807) is 14.2 Å². The number of carbonyl (C=O) groups is 1. The largest absolute Gasteiger partial charge is 0.497 e. The number of nitrogen functional groups attached to an aromatic ring is 1. The number of anilines is 1. The van der Waals surface area contributed by atoms with Gasteiger partial charge in [0, 0.05) is 13.6 Å². The second-order valence-electron chi connectivity index (χ2n) is 4.43. The molecule has 1 heterocycles. The number of hydrogen-bond donors (Lipinski definition) is 2. The lowest BCUT2D eigenvalue weighted by Gasteiger charge is -2.07. The SMILES string of the molecule is COc1cccc(CCNC(=O)c2c(N)cnn2C)c1. The minimum atomic E-state index is -0.217. The minimum absolute atomic E-state index is 0.217. The number of ether oxygens (including phenoxy) is 1. The molecule has 0 fully saturated rings. The van der Waals surface area contributed by atoms with Crippen LogP contribution >= 0.6 is 0 Å². The van der Waals surface area contributed by atoms with Crippen LogP contribution in [0.2, 0.25) is 0 Å². The van der Waals surface area contributed by atoms with E-state index >= 15 is 0 Å². The quantitative estimate of drug-likeness (QED) is 0.851. The molecule has 0 spiro atoms. The normalized spacial score (nSPS) is 10.3. The van der Waals surface area contributed by atoms with Gasteiger partial charge in [-0.25, -0.2) is 0 Å². The molecule has 2 rings (SSSR count). The van der Waals surface area contributed by atoms with Crippen molar-refractivity contribution in [1.82, 2.24) is 15.1 Å². The Labute approximate surface area is 117 Å². The Balaban J connectivity index is 1.91. The first kappa shape index (κ1) is 13.9. The van der Waals surface area contributed by atoms with Crippen LogP contribution in [-0.2, 0) is 13.5 Å². The highest BCUT2D eigenvalue weighted by atomic mass is 16.5. The maximum Gasteiger partial charge on any atom is 0.271 e. The van der Waals surface area contributed by atoms with Crippen LogP contribution in [0.4, 0.5) is 5.69 Å². The Morgan fingerprint density at radius 1 is 1.50 bits per heavy atom. The first-order valence-corrected chi connectivity index (χ1v) is 6.30. The number of hydrogen-bond acceptors (Lipinski definition) is 4. The van der Waals surface area contributed by atoms with Gasteiger partial charge in [0.15, 0.2) is 0 Å². The molecule has 0 atom stereocenters. The summed E-state index contributed by atoms with van der Waals surface area (Å²) in [6, 6.07) is 7.76. The molecule has 2 aromatic rings. The Kier molecular flexibility index (Phi) is 4.24. The summed E-state index contributed by atoms with van der Waals surface area (Å²) in [4.78, 5) is 12.0. The van der Waals surface area contributed by atoms with Gasteiger partial charge in [-0.2, -0.15) is 5.10 Å². The van der Waals surface area contributed by atoms with Crippen molar-refractivity contribution in [1.29, 1.82) is 0 Å². The fourth-order valence-electron chi connectivity index (χ4n) is 1.96. The average molecular weight is 274 g/mol. The molecule has 0 saturated carbocycles. The first-order valence-electron chi connectivity index (χ1n) is 6.30. The van der Waals surface area contributed by atoms with Crippen molar-refractivity contribution >= 4 is 11.6 Å². The van der Waals surface area contributed by atoms with E-state index in [0.717, 1.165) is 17.7 Å². The van der Waals surface area contributed by atoms with Gasteiger partial charge in [-0.1, -0.05) is 12.1 Å². The molecule has 6 nitrogen and oxygen atoms in total. The third-order valence-electron chi connectivity index (χ3n) is 3.02. The highest BCUT2D eigenvalue weighted by Crippen LogP contribution is 2.13. The van der Waals surface area contributed by atoms with E-state index in [1.807, 2.05) is 24.3 Å². The molecule has 6 heteroatoms. The number of carbonyl (C=O) groups excluding carboxylic acids is 1. The fraction of sp³-hybridized carbons (Fsp3) is 0.286. The predicted octanol–water partition coefficient (Wildman–Crippen LogP) is 0.983. The van der Waals surface area contributed by atoms with E-state index in [-0.39, 0.29) is 5.91 Å². The van der Waals surface area contributed by atoms with Crippen LogP contribution in [0.3, 0.4) is 0 Å². The maximum absolute atomic E-state index is 12.0. The smallest absolute Gasteiger partial charge is 0.271 e. The number of benzene rings is 1. The number of amides is 1. The molecule has 1 aromatic heterocycles. The molecule has 0 aliphatic rings. The van der Waals surface area contributed by atoms with Gasteiger partial charge in [0.1, 0.15) is 11.4 Å². The van der Waals surface area contributed by atoms with Gasteiger partial charge in [0.25, 0.3) is 5.91 Å². The number of methoxy groups -OCH3 is 1. The summed E-state index contributed by atoms with van der Waals surface area (Å²) in [5, 5.41) is 6.77. The number of nitrogens with zero attached hydrogens (tertiary/aromatic N) is 2. The molecule has 0 radical (unpaired) electrons. The van der Waals surface area contributed by atoms with Crippen molar-refractivity contribution in [2.45, 2.75) is 6.42 Å². The highest BCUT2D eigenvalue weighted by Gasteiger charge is 2.13. The zero-order valence-corrected chi connectivity index (χ0v) is 11.6. The fourth-order valence-corrected chi connectivity index (χ4v) is 1.96. The zero-order chi connectivity index (χ0) is 14.5. The third kappa shape index (κ3) is 3.09. The van der Waals surface area contributed by atoms with E-state index in [4.69, 9.17) is 10.5 Å². The molecule has 0 bridgehead atoms. The predicted molar refractivity (Wildman–Crippen MR) is 76.7 cm³/mol. The van der Waals surface area contributed by atoms with Crippen molar-refractivity contribution in [2.24, 2.45) is 7.05 Å². The van der Waals surface area contributed by atoms with Crippen LogP contribution in [0.25, 0.3) is 0 Å². The highest BCUT2D eigenvalue weighted by molar-refractivity contribution is 5.97. The van der Waals surface area contributed by atoms with Crippen LogP contribution in [0, 0.1) is 0 Å². The van der Waals surface area contributed by atoms with Gasteiger partial charge in [0.2, 0.25) is 0 Å². The van der Waals surface area contributed by atoms with Crippen LogP contribution in [0.1, 0.15) is 16.1 Å². The molecule has 0 unspecified atom stereocenters. The molecule has 0 saturated heterocycles. The van der Waals surface area contributed by atoms with Crippen molar-refractivity contribution in [3.8, 4) is 5.75 Å². The summed E-state index contributed by atoms with van der Waals surface area (Å²) in [6.45, 7) is 0.524. The zero-order valence-electron chi connectivity index (χ0n) is 11.6. The Hall–Kier alpha value is -2.50. The summed E-state index contributed by atoms with van der Waals surface area (Å²) < 4.78 is 6.63. The van der Waals surface area contributed by atoms with Crippen LogP contribution in [0.5, 0.6) is 5.75 Å². The third-order valence-corrected chi connectivity index (χ3v) is 3.02. The van der Waals surface area contributed by atoms with Gasteiger partial charge in [-0.05, 0) is 24.1 Å². The summed E-state index contributed by atoms with van der Waals surface area (Å²) in [5.41, 5.74) is 7.57. The van der Waals surface area contributed by atoms with E-state index in [2.05, 4.69) is 10.4 Å². The Morgan fingerprint density at radius 3 is 2.95 bits per heavy atom. The van der Waals surface area contributed by atoms with Crippen LogP contribution in [-0.4, -0.2) is 29.3 Å². The lowest BCUT2D eigenvalue weighted by molar-refractivity contribution is 0.0945. The average Bonchev–Trinajstić information content (AvgIpc) is 2.78. The molecule has 20 heavy (non-hydrogen) atoms. The molecule has 1 amide bonds. The molecule has 106 valence electrons. The molecular formula is C14H18N4O2. The number of aryl methyl sites for hydroxylation is 1. The van der Waals surface area contributed by atoms with E-state index in [0.29, 0.717) is 17.9 Å². The molecule has 0 aliphatic heterocycles. The van der Waals surface area contributed by atoms with Crippen molar-refractivity contribution < 1.29 is 9.53 Å². The summed E-state index contributed by atoms with van der Waals surface area (Å²) >= 11 is 0. The molecule has 1 aromatic carbocycles. The summed E-state index contributed by atoms with van der Waals surface area (Å²) in [5.74, 6) is 0.593. The summed E-state index contributed by atoms with van der Waals surface area (Å²) in [6.07, 6.45) is 2.19. The van der Waals surface area contributed by atoms with Gasteiger partial charge in [-0.3, -0.25) is 9.48 Å². The minimum Gasteiger partial charge on any atom is -0.497 e. The van der Waals surface area contributed by atoms with Crippen molar-refractivity contribution in [3.05, 3.63) is 41.7 Å². The van der Waals surface area contributed by atoms with Gasteiger partial charge in [0.05, 0.1) is 19.0 Å². The molecule has 3 N–H and O–H groups in total. The lowest BCUT2D eigenvalue weighted by Crippen LogP contribution is -2.28. The number of aromatic nitrogens is 2. The Bertz CT molecular complexity index is 587. The van der Waals surface area contributed by atoms with Crippen molar-refractivity contribution in [2.75, 3.05) is 19.4 Å². The standard InChI is InChI=1S/C14H18N4O2/c1-18-13(12(15)9-17-18)14(19)16-7-6-10-4-3-5-11(8-10)20-2/h3-5,8-9H,6-7,15H2,1-2H3,(H,16,19). The maximum atomic E-state index is 12.0. The molecule has 0 aliphatic carbocycles. The lowest BCUT2D eigenvalue weighted by atomic mass is 10.1. The van der Waals surface area contributed by atoms with Gasteiger partial charge in [-0.15, -0.1) is 0 Å². The summed E-state index contributed by atoms with van der Waals surface area (Å²) in [7, 11) is 3.32. The van der Waals surface area contributed by atoms with Crippen molar-refractivity contribution in [3.63, 3.8) is 0 Å². The topological polar surface area (TPSA) is 82.2 Å². The van der Waals surface area contributed by atoms with E-state index in [9.17, 15) is 4.79 Å². The Morgan fingerprint density at radius 2 is 2.30 bits per heavy atom. The van der Waals surface area contributed by atoms with Crippen LogP contribution < -0.4 is 15.8 Å². The monoisotopic (exact) mass is 274 g/mol. The van der Waals surface area contributed by atoms with Crippen LogP contribution in [0.15, 0.2) is 30.5 Å².